The fourth-order valence-corrected chi connectivity index (χ4v) is 3.24. The van der Waals surface area contributed by atoms with E-state index in [0.29, 0.717) is 0 Å². The van der Waals surface area contributed by atoms with Gasteiger partial charge in [0.25, 0.3) is 11.6 Å². The fraction of sp³-hybridized carbons (Fsp3) is 0.316. The van der Waals surface area contributed by atoms with E-state index in [1.54, 1.807) is 0 Å². The Kier molecular flexibility index (Phi) is 5.81. The lowest BCUT2D eigenvalue weighted by Gasteiger charge is -2.19. The molecule has 7 nitrogen and oxygen atoms in total. The van der Waals surface area contributed by atoms with Gasteiger partial charge in [-0.15, -0.1) is 0 Å². The second kappa shape index (κ2) is 8.26. The number of carbonyl (C=O) groups excluding carboxylic acids is 1. The molecule has 0 spiro atoms. The minimum Gasteiger partial charge on any atom is -0.482 e. The predicted molar refractivity (Wildman–Crippen MR) is 105 cm³/mol. The molecule has 1 saturated heterocycles. The molecule has 2 aromatic carbocycles. The van der Waals surface area contributed by atoms with E-state index >= 15 is 0 Å². The molecule has 0 atom stereocenters. The number of halogens is 1. The summed E-state index contributed by atoms with van der Waals surface area (Å²) < 4.78 is 5.38. The first kappa shape index (κ1) is 19.0. The Bertz CT molecular complexity index is 866. The van der Waals surface area contributed by atoms with Crippen molar-refractivity contribution in [2.24, 2.45) is 0 Å². The van der Waals surface area contributed by atoms with Gasteiger partial charge in [0.15, 0.2) is 6.61 Å². The third-order valence-electron chi connectivity index (χ3n) is 4.44. The highest BCUT2D eigenvalue weighted by atomic mass is 35.5. The average molecular weight is 390 g/mol. The molecule has 1 aliphatic heterocycles. The van der Waals surface area contributed by atoms with Gasteiger partial charge in [-0.3, -0.25) is 14.9 Å². The number of nitro benzene ring substituents is 1. The minimum absolute atomic E-state index is 0.0862. The molecule has 0 aromatic heterocycles. The molecule has 1 amide bonds. The first-order valence-electron chi connectivity index (χ1n) is 8.66. The molecule has 1 N–H and O–H groups in total. The van der Waals surface area contributed by atoms with Gasteiger partial charge >= 0.3 is 0 Å². The molecule has 142 valence electrons. The molecular weight excluding hydrogens is 370 g/mol. The van der Waals surface area contributed by atoms with Gasteiger partial charge in [-0.2, -0.15) is 0 Å². The van der Waals surface area contributed by atoms with E-state index < -0.39 is 4.92 Å². The van der Waals surface area contributed by atoms with Crippen LogP contribution in [0.1, 0.15) is 18.4 Å². The summed E-state index contributed by atoms with van der Waals surface area (Å²) in [5.74, 6) is -0.111. The number of anilines is 2. The van der Waals surface area contributed by atoms with Gasteiger partial charge in [0.2, 0.25) is 0 Å². The summed E-state index contributed by atoms with van der Waals surface area (Å²) in [6.07, 6.45) is 2.42. The summed E-state index contributed by atoms with van der Waals surface area (Å²) >= 11 is 5.96. The number of nitrogens with one attached hydrogen (secondary N) is 1. The van der Waals surface area contributed by atoms with Crippen LogP contribution in [0, 0.1) is 17.0 Å². The topological polar surface area (TPSA) is 84.7 Å². The Balaban J connectivity index is 1.58. The lowest BCUT2D eigenvalue weighted by Crippen LogP contribution is -2.21. The smallest absolute Gasteiger partial charge is 0.271 e. The van der Waals surface area contributed by atoms with Crippen molar-refractivity contribution in [1.82, 2.24) is 0 Å². The Morgan fingerprint density at radius 1 is 1.26 bits per heavy atom. The highest BCUT2D eigenvalue weighted by Gasteiger charge is 2.15. The maximum Gasteiger partial charge on any atom is 0.271 e. The number of carbonyl (C=O) groups is 1. The van der Waals surface area contributed by atoms with Gasteiger partial charge in [-0.05, 0) is 49.6 Å². The summed E-state index contributed by atoms with van der Waals surface area (Å²) in [4.78, 5) is 24.7. The number of ether oxygens (including phenoxy) is 1. The van der Waals surface area contributed by atoms with Crippen molar-refractivity contribution in [2.45, 2.75) is 19.8 Å². The highest BCUT2D eigenvalue weighted by molar-refractivity contribution is 6.32. The normalized spacial score (nSPS) is 13.5. The van der Waals surface area contributed by atoms with Crippen LogP contribution in [0.5, 0.6) is 5.75 Å². The zero-order chi connectivity index (χ0) is 19.4. The van der Waals surface area contributed by atoms with E-state index in [2.05, 4.69) is 16.3 Å². The molecule has 0 aliphatic carbocycles. The maximum atomic E-state index is 12.2. The van der Waals surface area contributed by atoms with Crippen molar-refractivity contribution in [3.63, 3.8) is 0 Å². The first-order chi connectivity index (χ1) is 12.9. The van der Waals surface area contributed by atoms with Crippen LogP contribution < -0.4 is 15.0 Å². The molecule has 27 heavy (non-hydrogen) atoms. The van der Waals surface area contributed by atoms with Crippen molar-refractivity contribution in [1.29, 1.82) is 0 Å². The summed E-state index contributed by atoms with van der Waals surface area (Å²) in [7, 11) is 0. The fourth-order valence-electron chi connectivity index (χ4n) is 3.01. The number of nitro groups is 1. The van der Waals surface area contributed by atoms with Gasteiger partial charge in [0.1, 0.15) is 5.75 Å². The van der Waals surface area contributed by atoms with E-state index in [1.807, 2.05) is 19.1 Å². The largest absolute Gasteiger partial charge is 0.482 e. The standard InChI is InChI=1S/C19H20ClN3O4/c1-13-10-14(22-8-2-3-9-22)4-6-17(13)21-19(24)12-27-18-7-5-15(23(25)26)11-16(18)20/h4-7,10-11H,2-3,8-9,12H2,1H3,(H,21,24). The molecule has 8 heteroatoms. The molecule has 1 heterocycles. The third-order valence-corrected chi connectivity index (χ3v) is 4.74. The SMILES string of the molecule is Cc1cc(N2CCCC2)ccc1NC(=O)COc1ccc([N+](=O)[O-])cc1Cl. The average Bonchev–Trinajstić information content (AvgIpc) is 3.17. The Labute approximate surface area is 162 Å². The number of hydrogen-bond donors (Lipinski definition) is 1. The quantitative estimate of drug-likeness (QED) is 0.592. The molecule has 0 saturated carbocycles. The van der Waals surface area contributed by atoms with E-state index in [9.17, 15) is 14.9 Å². The Morgan fingerprint density at radius 2 is 2.00 bits per heavy atom. The predicted octanol–water partition coefficient (Wildman–Crippen LogP) is 4.17. The summed E-state index contributed by atoms with van der Waals surface area (Å²) in [6, 6.07) is 9.80. The van der Waals surface area contributed by atoms with E-state index in [0.717, 1.165) is 30.0 Å². The lowest BCUT2D eigenvalue weighted by molar-refractivity contribution is -0.384. The van der Waals surface area contributed by atoms with E-state index in [1.165, 1.54) is 31.0 Å². The lowest BCUT2D eigenvalue weighted by atomic mass is 10.1. The molecule has 0 unspecified atom stereocenters. The van der Waals surface area contributed by atoms with Crippen molar-refractivity contribution in [3.8, 4) is 5.75 Å². The number of non-ortho nitro benzene ring substituents is 1. The number of hydrogen-bond acceptors (Lipinski definition) is 5. The zero-order valence-corrected chi connectivity index (χ0v) is 15.7. The van der Waals surface area contributed by atoms with Crippen LogP contribution in [0.25, 0.3) is 0 Å². The number of benzene rings is 2. The number of aryl methyl sites for hydroxylation is 1. The summed E-state index contributed by atoms with van der Waals surface area (Å²) in [5.41, 5.74) is 2.73. The maximum absolute atomic E-state index is 12.2. The van der Waals surface area contributed by atoms with Crippen molar-refractivity contribution >= 4 is 34.6 Å². The molecule has 1 aliphatic rings. The van der Waals surface area contributed by atoms with Gasteiger partial charge in [-0.25, -0.2) is 0 Å². The molecule has 0 radical (unpaired) electrons. The van der Waals surface area contributed by atoms with Crippen LogP contribution in [0.15, 0.2) is 36.4 Å². The van der Waals surface area contributed by atoms with Gasteiger partial charge in [0.05, 0.1) is 9.95 Å². The molecule has 3 rings (SSSR count). The monoisotopic (exact) mass is 389 g/mol. The molecular formula is C19H20ClN3O4. The first-order valence-corrected chi connectivity index (χ1v) is 9.04. The third kappa shape index (κ3) is 4.68. The summed E-state index contributed by atoms with van der Waals surface area (Å²) in [5, 5.41) is 13.6. The Morgan fingerprint density at radius 3 is 2.63 bits per heavy atom. The van der Waals surface area contributed by atoms with Crippen molar-refractivity contribution in [2.75, 3.05) is 29.9 Å². The van der Waals surface area contributed by atoms with Crippen LogP contribution >= 0.6 is 11.6 Å². The Hall–Kier alpha value is -2.80. The zero-order valence-electron chi connectivity index (χ0n) is 14.9. The van der Waals surface area contributed by atoms with Crippen LogP contribution in [0.4, 0.5) is 17.1 Å². The second-order valence-electron chi connectivity index (χ2n) is 6.40. The van der Waals surface area contributed by atoms with Gasteiger partial charge < -0.3 is 15.0 Å². The van der Waals surface area contributed by atoms with E-state index in [-0.39, 0.29) is 29.0 Å². The summed E-state index contributed by atoms with van der Waals surface area (Å²) in [6.45, 7) is 3.83. The molecule has 1 fully saturated rings. The van der Waals surface area contributed by atoms with Gasteiger partial charge in [0, 0.05) is 36.6 Å². The van der Waals surface area contributed by atoms with Crippen LogP contribution in [0.3, 0.4) is 0 Å². The van der Waals surface area contributed by atoms with Crippen LogP contribution in [0.2, 0.25) is 5.02 Å². The number of amides is 1. The van der Waals surface area contributed by atoms with Gasteiger partial charge in [-0.1, -0.05) is 11.6 Å². The minimum atomic E-state index is -0.545. The molecule has 2 aromatic rings. The number of nitrogens with zero attached hydrogens (tertiary/aromatic N) is 2. The van der Waals surface area contributed by atoms with Crippen molar-refractivity contribution in [3.05, 3.63) is 57.1 Å². The number of rotatable bonds is 6. The van der Waals surface area contributed by atoms with Crippen molar-refractivity contribution < 1.29 is 14.5 Å². The van der Waals surface area contributed by atoms with Crippen LogP contribution in [-0.2, 0) is 4.79 Å². The molecule has 0 bridgehead atoms. The second-order valence-corrected chi connectivity index (χ2v) is 6.81. The van der Waals surface area contributed by atoms with Crippen LogP contribution in [-0.4, -0.2) is 30.5 Å². The highest BCUT2D eigenvalue weighted by Crippen LogP contribution is 2.29. The van der Waals surface area contributed by atoms with E-state index in [4.69, 9.17) is 16.3 Å².